The normalized spacial score (nSPS) is 11.5. The van der Waals surface area contributed by atoms with Crippen LogP contribution in [0.5, 0.6) is 0 Å². The second kappa shape index (κ2) is 12.1. The molecule has 0 saturated heterocycles. The van der Waals surface area contributed by atoms with Crippen LogP contribution in [0, 0.1) is 5.92 Å². The Morgan fingerprint density at radius 3 is 2.38 bits per heavy atom. The molecular formula is C17H27Cl2N3O2. The third kappa shape index (κ3) is 7.51. The van der Waals surface area contributed by atoms with E-state index >= 15 is 0 Å². The molecule has 1 rings (SSSR count). The van der Waals surface area contributed by atoms with Crippen LogP contribution >= 0.6 is 24.0 Å². The Labute approximate surface area is 155 Å². The van der Waals surface area contributed by atoms with E-state index in [0.717, 1.165) is 13.0 Å². The van der Waals surface area contributed by atoms with Crippen molar-refractivity contribution in [2.24, 2.45) is 5.92 Å². The highest BCUT2D eigenvalue weighted by molar-refractivity contribution is 6.33. The summed E-state index contributed by atoms with van der Waals surface area (Å²) in [6.07, 6.45) is 1.05. The maximum Gasteiger partial charge on any atom is 0.253 e. The predicted octanol–water partition coefficient (Wildman–Crippen LogP) is 2.63. The molecule has 3 N–H and O–H groups in total. The van der Waals surface area contributed by atoms with Crippen LogP contribution in [0.1, 0.15) is 37.6 Å². The zero-order chi connectivity index (χ0) is 17.2. The molecule has 136 valence electrons. The molecule has 7 heteroatoms. The van der Waals surface area contributed by atoms with E-state index in [1.54, 1.807) is 24.3 Å². The van der Waals surface area contributed by atoms with Gasteiger partial charge in [-0.25, -0.2) is 0 Å². The van der Waals surface area contributed by atoms with Crippen LogP contribution in [0.4, 0.5) is 0 Å². The van der Waals surface area contributed by atoms with Crippen molar-refractivity contribution in [1.82, 2.24) is 16.0 Å². The molecule has 1 unspecified atom stereocenters. The van der Waals surface area contributed by atoms with E-state index in [1.165, 1.54) is 0 Å². The molecule has 0 saturated carbocycles. The maximum atomic E-state index is 12.3. The van der Waals surface area contributed by atoms with Crippen LogP contribution in [-0.2, 0) is 4.79 Å². The summed E-state index contributed by atoms with van der Waals surface area (Å²) in [7, 11) is 0. The predicted molar refractivity (Wildman–Crippen MR) is 101 cm³/mol. The lowest BCUT2D eigenvalue weighted by Gasteiger charge is -2.22. The molecule has 1 atom stereocenters. The molecule has 0 spiro atoms. The first-order valence-electron chi connectivity index (χ1n) is 8.01. The smallest absolute Gasteiger partial charge is 0.253 e. The van der Waals surface area contributed by atoms with Crippen LogP contribution < -0.4 is 16.0 Å². The fourth-order valence-electron chi connectivity index (χ4n) is 2.09. The minimum atomic E-state index is -0.593. The van der Waals surface area contributed by atoms with Gasteiger partial charge in [-0.2, -0.15) is 0 Å². The first-order valence-corrected chi connectivity index (χ1v) is 8.39. The van der Waals surface area contributed by atoms with Crippen LogP contribution in [0.3, 0.4) is 0 Å². The van der Waals surface area contributed by atoms with Crippen molar-refractivity contribution in [2.75, 3.05) is 19.6 Å². The minimum Gasteiger partial charge on any atom is -0.353 e. The summed E-state index contributed by atoms with van der Waals surface area (Å²) >= 11 is 6.02. The molecule has 0 heterocycles. The van der Waals surface area contributed by atoms with E-state index in [0.29, 0.717) is 23.7 Å². The van der Waals surface area contributed by atoms with Crippen LogP contribution in [0.25, 0.3) is 0 Å². The zero-order valence-electron chi connectivity index (χ0n) is 14.4. The fourth-order valence-corrected chi connectivity index (χ4v) is 2.31. The summed E-state index contributed by atoms with van der Waals surface area (Å²) in [5.41, 5.74) is 0.372. The number of rotatable bonds is 9. The molecule has 0 aromatic heterocycles. The quantitative estimate of drug-likeness (QED) is 0.581. The summed E-state index contributed by atoms with van der Waals surface area (Å²) < 4.78 is 0. The van der Waals surface area contributed by atoms with Gasteiger partial charge in [0.1, 0.15) is 6.04 Å². The Kier molecular flexibility index (Phi) is 11.5. The number of hydrogen-bond donors (Lipinski definition) is 3. The maximum absolute atomic E-state index is 12.3. The van der Waals surface area contributed by atoms with Crippen molar-refractivity contribution in [3.05, 3.63) is 34.9 Å². The van der Waals surface area contributed by atoms with Gasteiger partial charge < -0.3 is 16.0 Å². The summed E-state index contributed by atoms with van der Waals surface area (Å²) in [5.74, 6) is -0.544. The van der Waals surface area contributed by atoms with Gasteiger partial charge in [-0.05, 0) is 31.0 Å². The summed E-state index contributed by atoms with van der Waals surface area (Å²) in [6.45, 7) is 8.04. The van der Waals surface area contributed by atoms with Gasteiger partial charge in [-0.3, -0.25) is 9.59 Å². The van der Waals surface area contributed by atoms with E-state index < -0.39 is 6.04 Å². The second-order valence-electron chi connectivity index (χ2n) is 5.72. The topological polar surface area (TPSA) is 70.2 Å². The molecule has 0 fully saturated rings. The third-order valence-corrected chi connectivity index (χ3v) is 3.71. The number of carbonyl (C=O) groups excluding carboxylic acids is 2. The van der Waals surface area contributed by atoms with Gasteiger partial charge in [0.25, 0.3) is 5.91 Å². The highest BCUT2D eigenvalue weighted by atomic mass is 35.5. The van der Waals surface area contributed by atoms with Crippen molar-refractivity contribution < 1.29 is 9.59 Å². The fraction of sp³-hybridized carbons (Fsp3) is 0.529. The average molecular weight is 376 g/mol. The van der Waals surface area contributed by atoms with Crippen molar-refractivity contribution in [1.29, 1.82) is 0 Å². The molecule has 0 aliphatic carbocycles. The molecule has 1 aromatic carbocycles. The van der Waals surface area contributed by atoms with Crippen molar-refractivity contribution >= 4 is 35.8 Å². The van der Waals surface area contributed by atoms with Crippen LogP contribution in [0.15, 0.2) is 24.3 Å². The number of carbonyl (C=O) groups is 2. The number of halogens is 2. The molecule has 0 bridgehead atoms. The largest absolute Gasteiger partial charge is 0.353 e. The van der Waals surface area contributed by atoms with Gasteiger partial charge in [0.2, 0.25) is 5.91 Å². The van der Waals surface area contributed by atoms with E-state index in [2.05, 4.69) is 22.9 Å². The van der Waals surface area contributed by atoms with E-state index in [9.17, 15) is 9.59 Å². The van der Waals surface area contributed by atoms with Gasteiger partial charge in [0, 0.05) is 13.1 Å². The van der Waals surface area contributed by atoms with Crippen molar-refractivity contribution in [3.63, 3.8) is 0 Å². The Bertz CT molecular complexity index is 524. The lowest BCUT2D eigenvalue weighted by molar-refractivity contribution is -0.123. The summed E-state index contributed by atoms with van der Waals surface area (Å²) in [5, 5.41) is 9.20. The highest BCUT2D eigenvalue weighted by Crippen LogP contribution is 2.15. The van der Waals surface area contributed by atoms with Gasteiger partial charge >= 0.3 is 0 Å². The number of hydrogen-bond acceptors (Lipinski definition) is 3. The molecule has 2 amide bonds. The third-order valence-electron chi connectivity index (χ3n) is 3.38. The van der Waals surface area contributed by atoms with Crippen LogP contribution in [-0.4, -0.2) is 37.5 Å². The van der Waals surface area contributed by atoms with Crippen molar-refractivity contribution in [2.45, 2.75) is 33.2 Å². The number of amides is 2. The molecule has 0 radical (unpaired) electrons. The standard InChI is InChI=1S/C17H26ClN3O2.ClH/c1-4-9-19-10-11-20-17(23)15(12(2)3)21-16(22)13-7-5-6-8-14(13)18;/h5-8,12,15,19H,4,9-11H2,1-3H3,(H,20,23)(H,21,22);1H. The first kappa shape index (κ1) is 22.7. The van der Waals surface area contributed by atoms with E-state index in [1.807, 2.05) is 13.8 Å². The van der Waals surface area contributed by atoms with Gasteiger partial charge in [-0.15, -0.1) is 12.4 Å². The van der Waals surface area contributed by atoms with Crippen LogP contribution in [0.2, 0.25) is 5.02 Å². The lowest BCUT2D eigenvalue weighted by atomic mass is 10.0. The van der Waals surface area contributed by atoms with E-state index in [-0.39, 0.29) is 30.1 Å². The zero-order valence-corrected chi connectivity index (χ0v) is 16.0. The molecular weight excluding hydrogens is 349 g/mol. The molecule has 24 heavy (non-hydrogen) atoms. The lowest BCUT2D eigenvalue weighted by Crippen LogP contribution is -2.50. The summed E-state index contributed by atoms with van der Waals surface area (Å²) in [4.78, 5) is 24.6. The Hall–Kier alpha value is -1.30. The first-order chi connectivity index (χ1) is 11.0. The minimum absolute atomic E-state index is 0. The number of nitrogens with one attached hydrogen (secondary N) is 3. The Balaban J connectivity index is 0.00000529. The monoisotopic (exact) mass is 375 g/mol. The second-order valence-corrected chi connectivity index (χ2v) is 6.12. The van der Waals surface area contributed by atoms with E-state index in [4.69, 9.17) is 11.6 Å². The Morgan fingerprint density at radius 2 is 1.79 bits per heavy atom. The summed E-state index contributed by atoms with van der Waals surface area (Å²) in [6, 6.07) is 6.20. The number of benzene rings is 1. The molecule has 5 nitrogen and oxygen atoms in total. The molecule has 1 aromatic rings. The SMILES string of the molecule is CCCNCCNC(=O)C(NC(=O)c1ccccc1Cl)C(C)C.Cl. The molecule has 0 aliphatic rings. The average Bonchev–Trinajstić information content (AvgIpc) is 2.52. The highest BCUT2D eigenvalue weighted by Gasteiger charge is 2.24. The van der Waals surface area contributed by atoms with Gasteiger partial charge in [-0.1, -0.05) is 44.5 Å². The molecule has 0 aliphatic heterocycles. The van der Waals surface area contributed by atoms with Crippen molar-refractivity contribution in [3.8, 4) is 0 Å². The van der Waals surface area contributed by atoms with Gasteiger partial charge in [0.15, 0.2) is 0 Å². The Morgan fingerprint density at radius 1 is 1.12 bits per heavy atom. The van der Waals surface area contributed by atoms with Gasteiger partial charge in [0.05, 0.1) is 10.6 Å².